The quantitative estimate of drug-likeness (QED) is 0.741. The van der Waals surface area contributed by atoms with Crippen LogP contribution in [0, 0.1) is 0 Å². The molecule has 0 rings (SSSR count). The van der Waals surface area contributed by atoms with Crippen LogP contribution in [-0.4, -0.2) is 31.0 Å². The van der Waals surface area contributed by atoms with Crippen molar-refractivity contribution in [1.82, 2.24) is 5.32 Å². The Balaban J connectivity index is 3.66. The number of rotatable bonds is 5. The Morgan fingerprint density at radius 2 is 2.13 bits per heavy atom. The molecule has 0 aliphatic carbocycles. The number of carbonyl (C=O) groups is 1. The first-order valence-corrected chi connectivity index (χ1v) is 5.45. The molecular weight excluding hydrogens is 224 g/mol. The second-order valence-corrected chi connectivity index (χ2v) is 4.44. The lowest BCUT2D eigenvalue weighted by molar-refractivity contribution is 0.0507. The maximum Gasteiger partial charge on any atom is 0.407 e. The van der Waals surface area contributed by atoms with Gasteiger partial charge in [0.15, 0.2) is 8.69 Å². The summed E-state index contributed by atoms with van der Waals surface area (Å²) in [5.74, 6) is 0. The van der Waals surface area contributed by atoms with Gasteiger partial charge in [-0.2, -0.15) is 0 Å². The van der Waals surface area contributed by atoms with E-state index in [2.05, 4.69) is 9.84 Å². The fraction of sp³-hybridized carbons (Fsp3) is 0.875. The van der Waals surface area contributed by atoms with Gasteiger partial charge in [0, 0.05) is 0 Å². The lowest BCUT2D eigenvalue weighted by Gasteiger charge is -2.20. The minimum Gasteiger partial charge on any atom is -0.444 e. The molecule has 1 unspecified atom stereocenters. The first kappa shape index (κ1) is 14.4. The van der Waals surface area contributed by atoms with E-state index in [9.17, 15) is 13.8 Å². The van der Waals surface area contributed by atoms with Crippen LogP contribution in [0.25, 0.3) is 0 Å². The number of amides is 1. The van der Waals surface area contributed by atoms with Gasteiger partial charge in [0.1, 0.15) is 11.8 Å². The molecular formula is C8H17FNO4P. The highest BCUT2D eigenvalue weighted by atomic mass is 31.1. The Hall–Kier alpha value is -0.610. The molecule has 0 radical (unpaired) electrons. The van der Waals surface area contributed by atoms with Crippen LogP contribution in [0.2, 0.25) is 0 Å². The number of alkyl halides is 1. The average molecular weight is 241 g/mol. The van der Waals surface area contributed by atoms with Gasteiger partial charge in [-0.1, -0.05) is 0 Å². The number of hydrogen-bond donors (Lipinski definition) is 1. The monoisotopic (exact) mass is 241 g/mol. The predicted octanol–water partition coefficient (Wildman–Crippen LogP) is 1.54. The highest BCUT2D eigenvalue weighted by molar-refractivity contribution is 7.17. The zero-order valence-corrected chi connectivity index (χ0v) is 10.2. The molecule has 90 valence electrons. The molecule has 0 aromatic rings. The molecule has 0 aliphatic heterocycles. The van der Waals surface area contributed by atoms with Crippen LogP contribution in [0.1, 0.15) is 20.8 Å². The van der Waals surface area contributed by atoms with Gasteiger partial charge < -0.3 is 14.6 Å². The van der Waals surface area contributed by atoms with E-state index in [0.29, 0.717) is 0 Å². The third kappa shape index (κ3) is 9.69. The molecule has 0 spiro atoms. The van der Waals surface area contributed by atoms with Crippen LogP contribution in [0.15, 0.2) is 0 Å². The summed E-state index contributed by atoms with van der Waals surface area (Å²) in [6.07, 6.45) is -2.06. The Morgan fingerprint density at radius 3 is 2.60 bits per heavy atom. The molecule has 15 heavy (non-hydrogen) atoms. The van der Waals surface area contributed by atoms with E-state index >= 15 is 0 Å². The first-order valence-electron chi connectivity index (χ1n) is 4.51. The summed E-state index contributed by atoms with van der Waals surface area (Å²) in [7, 11) is -1.41. The summed E-state index contributed by atoms with van der Waals surface area (Å²) in [5, 5.41) is 2.24. The second-order valence-electron chi connectivity index (χ2n) is 3.91. The van der Waals surface area contributed by atoms with E-state index in [1.807, 2.05) is 0 Å². The molecule has 0 saturated carbocycles. The Kier molecular flexibility index (Phi) is 6.52. The van der Waals surface area contributed by atoms with Crippen molar-refractivity contribution >= 4 is 14.8 Å². The zero-order chi connectivity index (χ0) is 11.9. The fourth-order valence-electron chi connectivity index (χ4n) is 0.711. The molecule has 5 nitrogen and oxygen atoms in total. The van der Waals surface area contributed by atoms with Crippen molar-refractivity contribution in [1.29, 1.82) is 0 Å². The fourth-order valence-corrected chi connectivity index (χ4v) is 0.998. The minimum atomic E-state index is -1.41. The molecule has 0 aromatic heterocycles. The van der Waals surface area contributed by atoms with E-state index in [1.165, 1.54) is 0 Å². The molecule has 1 amide bonds. The van der Waals surface area contributed by atoms with Crippen molar-refractivity contribution in [2.24, 2.45) is 0 Å². The maximum atomic E-state index is 12.9. The van der Waals surface area contributed by atoms with Gasteiger partial charge >= 0.3 is 6.09 Å². The average Bonchev–Trinajstić information content (AvgIpc) is 2.08. The lowest BCUT2D eigenvalue weighted by atomic mass is 10.2. The van der Waals surface area contributed by atoms with Gasteiger partial charge in [0.25, 0.3) is 0 Å². The van der Waals surface area contributed by atoms with E-state index in [-0.39, 0.29) is 13.2 Å². The number of hydrogen-bond acceptors (Lipinski definition) is 4. The predicted molar refractivity (Wildman–Crippen MR) is 55.5 cm³/mol. The number of nitrogens with one attached hydrogen (secondary N) is 1. The third-order valence-corrected chi connectivity index (χ3v) is 1.54. The SMILES string of the molecule is CC(C)(C)OC(=O)NC[C@@H](F)CO[PH2]=O. The van der Waals surface area contributed by atoms with E-state index in [1.54, 1.807) is 20.8 Å². The standard InChI is InChI=1S/C8H17FNO4P/c1-8(2,3)14-7(11)10-4-6(9)5-13-15-12/h6H,4-5,15H2,1-3H3,(H,10,11)/t6-/m1/s1. The Labute approximate surface area is 89.6 Å². The normalized spacial score (nSPS) is 14.1. The van der Waals surface area contributed by atoms with E-state index in [0.717, 1.165) is 0 Å². The summed E-state index contributed by atoms with van der Waals surface area (Å²) in [6, 6.07) is 0. The molecule has 0 aromatic carbocycles. The molecule has 0 heterocycles. The lowest BCUT2D eigenvalue weighted by Crippen LogP contribution is -2.36. The van der Waals surface area contributed by atoms with Gasteiger partial charge in [-0.05, 0) is 20.8 Å². The molecule has 7 heteroatoms. The summed E-state index contributed by atoms with van der Waals surface area (Å²) in [4.78, 5) is 11.0. The topological polar surface area (TPSA) is 64.6 Å². The number of alkyl carbamates (subject to hydrolysis) is 1. The van der Waals surface area contributed by atoms with Crippen molar-refractivity contribution in [2.45, 2.75) is 32.5 Å². The van der Waals surface area contributed by atoms with Gasteiger partial charge in [-0.15, -0.1) is 0 Å². The third-order valence-electron chi connectivity index (χ3n) is 1.21. The van der Waals surface area contributed by atoms with Gasteiger partial charge in [0.05, 0.1) is 13.2 Å². The van der Waals surface area contributed by atoms with Gasteiger partial charge in [-0.25, -0.2) is 9.18 Å². The summed E-state index contributed by atoms with van der Waals surface area (Å²) in [6.45, 7) is 4.64. The Bertz CT molecular complexity index is 219. The maximum absolute atomic E-state index is 12.9. The van der Waals surface area contributed by atoms with Crippen molar-refractivity contribution in [2.75, 3.05) is 13.2 Å². The summed E-state index contributed by atoms with van der Waals surface area (Å²) < 4.78 is 32.1. The number of halogens is 1. The van der Waals surface area contributed by atoms with Gasteiger partial charge in [0.2, 0.25) is 0 Å². The van der Waals surface area contributed by atoms with Crippen LogP contribution in [0.3, 0.4) is 0 Å². The van der Waals surface area contributed by atoms with Crippen molar-refractivity contribution in [3.05, 3.63) is 0 Å². The van der Waals surface area contributed by atoms with Gasteiger partial charge in [-0.3, -0.25) is 4.57 Å². The smallest absolute Gasteiger partial charge is 0.407 e. The van der Waals surface area contributed by atoms with Crippen LogP contribution >= 0.6 is 8.69 Å². The van der Waals surface area contributed by atoms with Crippen LogP contribution in [0.4, 0.5) is 9.18 Å². The molecule has 0 bridgehead atoms. The highest BCUT2D eigenvalue weighted by Crippen LogP contribution is 2.06. The summed E-state index contributed by atoms with van der Waals surface area (Å²) in [5.41, 5.74) is -0.606. The van der Waals surface area contributed by atoms with Crippen LogP contribution < -0.4 is 5.32 Å². The van der Waals surface area contributed by atoms with Crippen LogP contribution in [0.5, 0.6) is 0 Å². The minimum absolute atomic E-state index is 0.214. The first-order chi connectivity index (χ1) is 6.85. The summed E-state index contributed by atoms with van der Waals surface area (Å²) >= 11 is 0. The number of ether oxygens (including phenoxy) is 1. The zero-order valence-electron chi connectivity index (χ0n) is 9.08. The number of carbonyl (C=O) groups excluding carboxylic acids is 1. The largest absolute Gasteiger partial charge is 0.444 e. The highest BCUT2D eigenvalue weighted by Gasteiger charge is 2.17. The molecule has 0 saturated heterocycles. The second kappa shape index (κ2) is 6.80. The molecule has 2 atom stereocenters. The Morgan fingerprint density at radius 1 is 1.53 bits per heavy atom. The van der Waals surface area contributed by atoms with Crippen molar-refractivity contribution in [3.63, 3.8) is 0 Å². The molecule has 1 N–H and O–H groups in total. The van der Waals surface area contributed by atoms with E-state index < -0.39 is 26.6 Å². The van der Waals surface area contributed by atoms with Crippen molar-refractivity contribution < 1.29 is 23.0 Å². The molecule has 0 aliphatic rings. The van der Waals surface area contributed by atoms with E-state index in [4.69, 9.17) is 4.74 Å². The van der Waals surface area contributed by atoms with Crippen LogP contribution in [-0.2, 0) is 13.8 Å². The van der Waals surface area contributed by atoms with Crippen molar-refractivity contribution in [3.8, 4) is 0 Å². The molecule has 0 fully saturated rings.